The summed E-state index contributed by atoms with van der Waals surface area (Å²) >= 11 is 0. The molecule has 3 rings (SSSR count). The summed E-state index contributed by atoms with van der Waals surface area (Å²) in [5.41, 5.74) is 2.29. The molecule has 1 saturated heterocycles. The summed E-state index contributed by atoms with van der Waals surface area (Å²) in [4.78, 5) is 18.2. The number of hydrogen-bond acceptors (Lipinski definition) is 5. The van der Waals surface area contributed by atoms with Crippen LogP contribution in [0.15, 0.2) is 36.5 Å². The Hall–Kier alpha value is -2.56. The highest BCUT2D eigenvalue weighted by atomic mass is 16.5. The Labute approximate surface area is 167 Å². The number of ketones is 1. The Morgan fingerprint density at radius 3 is 2.68 bits per heavy atom. The van der Waals surface area contributed by atoms with Crippen LogP contribution in [-0.2, 0) is 4.79 Å². The average Bonchev–Trinajstić information content (AvgIpc) is 3.10. The number of ether oxygens (including phenoxy) is 2. The van der Waals surface area contributed by atoms with Gasteiger partial charge in [0.1, 0.15) is 29.2 Å². The normalized spacial score (nSPS) is 17.4. The number of nitrogens with zero attached hydrogens (tertiary/aromatic N) is 2. The first-order chi connectivity index (χ1) is 13.5. The van der Waals surface area contributed by atoms with Gasteiger partial charge in [0.2, 0.25) is 0 Å². The van der Waals surface area contributed by atoms with Gasteiger partial charge in [-0.15, -0.1) is 0 Å². The highest BCUT2D eigenvalue weighted by molar-refractivity contribution is 5.76. The average molecular weight is 383 g/mol. The Kier molecular flexibility index (Phi) is 6.55. The predicted molar refractivity (Wildman–Crippen MR) is 112 cm³/mol. The Balaban J connectivity index is 1.58. The van der Waals surface area contributed by atoms with Crippen molar-refractivity contribution in [3.8, 4) is 11.5 Å². The van der Waals surface area contributed by atoms with Crippen LogP contribution in [0, 0.1) is 6.92 Å². The van der Waals surface area contributed by atoms with E-state index in [0.29, 0.717) is 13.0 Å². The van der Waals surface area contributed by atoms with Gasteiger partial charge in [-0.1, -0.05) is 19.1 Å². The van der Waals surface area contributed by atoms with Crippen LogP contribution in [0.5, 0.6) is 11.5 Å². The number of anilines is 1. The standard InChI is InChI=1S/C23H30N2O3/c1-5-27-22-13-17(3)23(24-14-22)25-11-10-21(15-25)28-20-8-6-19(7-9-20)16(2)12-18(4)26/h6-9,13-14,16,21H,5,10-12,15H2,1-4H3/t16-,21?/m1/s1. The van der Waals surface area contributed by atoms with E-state index in [-0.39, 0.29) is 17.8 Å². The number of carbonyl (C=O) groups excluding carboxylic acids is 1. The van der Waals surface area contributed by atoms with Crippen LogP contribution in [0.3, 0.4) is 0 Å². The number of Topliss-reactive ketones (excluding diaryl/α,β-unsaturated/α-hetero) is 1. The highest BCUT2D eigenvalue weighted by Gasteiger charge is 2.26. The molecule has 0 radical (unpaired) electrons. The molecule has 2 heterocycles. The van der Waals surface area contributed by atoms with E-state index in [1.165, 1.54) is 5.56 Å². The van der Waals surface area contributed by atoms with Crippen molar-refractivity contribution in [1.82, 2.24) is 4.98 Å². The van der Waals surface area contributed by atoms with Crippen LogP contribution in [0.1, 0.15) is 50.7 Å². The summed E-state index contributed by atoms with van der Waals surface area (Å²) in [5, 5.41) is 0. The van der Waals surface area contributed by atoms with E-state index in [1.54, 1.807) is 13.1 Å². The third kappa shape index (κ3) is 5.03. The minimum absolute atomic E-state index is 0.147. The number of aryl methyl sites for hydroxylation is 1. The predicted octanol–water partition coefficient (Wildman–Crippen LogP) is 4.53. The molecular formula is C23H30N2O3. The van der Waals surface area contributed by atoms with Crippen molar-refractivity contribution in [2.45, 2.75) is 52.6 Å². The van der Waals surface area contributed by atoms with Crippen LogP contribution in [0.4, 0.5) is 5.82 Å². The van der Waals surface area contributed by atoms with Crippen molar-refractivity contribution < 1.29 is 14.3 Å². The van der Waals surface area contributed by atoms with Gasteiger partial charge < -0.3 is 19.2 Å². The summed E-state index contributed by atoms with van der Waals surface area (Å²) in [5.74, 6) is 3.15. The molecule has 0 saturated carbocycles. The molecule has 1 fully saturated rings. The molecular weight excluding hydrogens is 352 g/mol. The van der Waals surface area contributed by atoms with Gasteiger partial charge in [0, 0.05) is 19.4 Å². The van der Waals surface area contributed by atoms with E-state index < -0.39 is 0 Å². The van der Waals surface area contributed by atoms with E-state index in [2.05, 4.69) is 35.9 Å². The fourth-order valence-electron chi connectivity index (χ4n) is 3.75. The van der Waals surface area contributed by atoms with Crippen molar-refractivity contribution in [3.63, 3.8) is 0 Å². The number of pyridine rings is 1. The minimum atomic E-state index is 0.147. The van der Waals surface area contributed by atoms with E-state index in [1.807, 2.05) is 25.1 Å². The fourth-order valence-corrected chi connectivity index (χ4v) is 3.75. The molecule has 0 N–H and O–H groups in total. The number of hydrogen-bond donors (Lipinski definition) is 0. The lowest BCUT2D eigenvalue weighted by Crippen LogP contribution is -2.25. The summed E-state index contributed by atoms with van der Waals surface area (Å²) in [7, 11) is 0. The number of aromatic nitrogens is 1. The largest absolute Gasteiger partial charge is 0.492 e. The molecule has 1 aromatic carbocycles. The Morgan fingerprint density at radius 2 is 2.04 bits per heavy atom. The highest BCUT2D eigenvalue weighted by Crippen LogP contribution is 2.28. The maximum Gasteiger partial charge on any atom is 0.137 e. The Morgan fingerprint density at radius 1 is 1.29 bits per heavy atom. The third-order valence-corrected chi connectivity index (χ3v) is 5.13. The van der Waals surface area contributed by atoms with Gasteiger partial charge in [0.05, 0.1) is 19.3 Å². The number of rotatable bonds is 8. The van der Waals surface area contributed by atoms with Gasteiger partial charge in [-0.2, -0.15) is 0 Å². The van der Waals surface area contributed by atoms with Crippen molar-refractivity contribution in [3.05, 3.63) is 47.7 Å². The first kappa shape index (κ1) is 20.2. The van der Waals surface area contributed by atoms with Crippen LogP contribution < -0.4 is 14.4 Å². The second kappa shape index (κ2) is 9.09. The molecule has 0 amide bonds. The minimum Gasteiger partial charge on any atom is -0.492 e. The zero-order valence-corrected chi connectivity index (χ0v) is 17.3. The smallest absolute Gasteiger partial charge is 0.137 e. The molecule has 5 nitrogen and oxygen atoms in total. The quantitative estimate of drug-likeness (QED) is 0.671. The van der Waals surface area contributed by atoms with Crippen LogP contribution in [0.2, 0.25) is 0 Å². The summed E-state index contributed by atoms with van der Waals surface area (Å²) < 4.78 is 11.7. The molecule has 2 aromatic rings. The van der Waals surface area contributed by atoms with Gasteiger partial charge >= 0.3 is 0 Å². The Bertz CT molecular complexity index is 804. The van der Waals surface area contributed by atoms with Gasteiger partial charge in [-0.05, 0) is 56.0 Å². The van der Waals surface area contributed by atoms with Crippen LogP contribution in [-0.4, -0.2) is 36.6 Å². The topological polar surface area (TPSA) is 51.7 Å². The van der Waals surface area contributed by atoms with Crippen LogP contribution >= 0.6 is 0 Å². The zero-order valence-electron chi connectivity index (χ0n) is 17.3. The second-order valence-electron chi connectivity index (χ2n) is 7.60. The van der Waals surface area contributed by atoms with Crippen molar-refractivity contribution in [2.24, 2.45) is 0 Å². The third-order valence-electron chi connectivity index (χ3n) is 5.13. The molecule has 1 aliphatic rings. The van der Waals surface area contributed by atoms with E-state index in [0.717, 1.165) is 42.4 Å². The molecule has 28 heavy (non-hydrogen) atoms. The lowest BCUT2D eigenvalue weighted by molar-refractivity contribution is -0.117. The molecule has 0 aliphatic carbocycles. The molecule has 0 spiro atoms. The lowest BCUT2D eigenvalue weighted by Gasteiger charge is -2.20. The zero-order chi connectivity index (χ0) is 20.1. The first-order valence-electron chi connectivity index (χ1n) is 10.1. The lowest BCUT2D eigenvalue weighted by atomic mass is 9.96. The SMILES string of the molecule is CCOc1cnc(N2CCC(Oc3ccc([C@H](C)CC(C)=O)cc3)C2)c(C)c1. The van der Waals surface area contributed by atoms with Crippen molar-refractivity contribution >= 4 is 11.6 Å². The van der Waals surface area contributed by atoms with Gasteiger partial charge in [-0.25, -0.2) is 4.98 Å². The molecule has 5 heteroatoms. The maximum atomic E-state index is 11.3. The second-order valence-corrected chi connectivity index (χ2v) is 7.60. The molecule has 1 aliphatic heterocycles. The monoisotopic (exact) mass is 382 g/mol. The van der Waals surface area contributed by atoms with Gasteiger partial charge in [0.15, 0.2) is 0 Å². The molecule has 2 atom stereocenters. The van der Waals surface area contributed by atoms with Gasteiger partial charge in [0.25, 0.3) is 0 Å². The summed E-state index contributed by atoms with van der Waals surface area (Å²) in [6, 6.07) is 10.2. The maximum absolute atomic E-state index is 11.3. The van der Waals surface area contributed by atoms with E-state index in [9.17, 15) is 4.79 Å². The van der Waals surface area contributed by atoms with Crippen LogP contribution in [0.25, 0.3) is 0 Å². The van der Waals surface area contributed by atoms with E-state index in [4.69, 9.17) is 9.47 Å². The van der Waals surface area contributed by atoms with E-state index >= 15 is 0 Å². The number of benzene rings is 1. The molecule has 150 valence electrons. The summed E-state index contributed by atoms with van der Waals surface area (Å²) in [6.07, 6.45) is 3.48. The molecule has 0 bridgehead atoms. The van der Waals surface area contributed by atoms with Crippen molar-refractivity contribution in [1.29, 1.82) is 0 Å². The number of carbonyl (C=O) groups is 1. The molecule has 1 unspecified atom stereocenters. The first-order valence-corrected chi connectivity index (χ1v) is 10.1. The summed E-state index contributed by atoms with van der Waals surface area (Å²) in [6.45, 7) is 10.2. The van der Waals surface area contributed by atoms with Crippen molar-refractivity contribution in [2.75, 3.05) is 24.6 Å². The molecule has 1 aromatic heterocycles. The van der Waals surface area contributed by atoms with Gasteiger partial charge in [-0.3, -0.25) is 0 Å². The fraction of sp³-hybridized carbons (Fsp3) is 0.478.